The van der Waals surface area contributed by atoms with Crippen molar-refractivity contribution in [3.63, 3.8) is 0 Å². The molecule has 1 heterocycles. The maximum atomic E-state index is 13.0. The smallest absolute Gasteiger partial charge is 0.123 e. The van der Waals surface area contributed by atoms with Crippen LogP contribution in [0.1, 0.15) is 17.0 Å². The van der Waals surface area contributed by atoms with Gasteiger partial charge in [-0.3, -0.25) is 4.68 Å². The number of aromatic nitrogens is 2. The normalized spacial score (nSPS) is 10.9. The first-order valence-corrected chi connectivity index (χ1v) is 7.00. The van der Waals surface area contributed by atoms with Gasteiger partial charge in [-0.05, 0) is 53.5 Å². The number of halogens is 2. The third kappa shape index (κ3) is 3.64. The summed E-state index contributed by atoms with van der Waals surface area (Å²) in [6.07, 6.45) is 0.812. The molecule has 0 saturated carbocycles. The Morgan fingerprint density at radius 1 is 1.42 bits per heavy atom. The zero-order valence-corrected chi connectivity index (χ0v) is 12.7. The molecule has 0 aliphatic heterocycles. The fourth-order valence-corrected chi connectivity index (χ4v) is 2.48. The Morgan fingerprint density at radius 3 is 2.84 bits per heavy atom. The highest BCUT2D eigenvalue weighted by molar-refractivity contribution is 9.10. The molecule has 19 heavy (non-hydrogen) atoms. The Labute approximate surface area is 121 Å². The molecule has 1 aromatic carbocycles. The lowest BCUT2D eigenvalue weighted by atomic mass is 10.1. The van der Waals surface area contributed by atoms with Gasteiger partial charge in [-0.2, -0.15) is 5.10 Å². The van der Waals surface area contributed by atoms with E-state index in [1.807, 2.05) is 24.7 Å². The second-order valence-electron chi connectivity index (χ2n) is 4.53. The van der Waals surface area contributed by atoms with Crippen molar-refractivity contribution in [3.8, 4) is 0 Å². The van der Waals surface area contributed by atoms with Crippen LogP contribution in [0.25, 0.3) is 0 Å². The Kier molecular flexibility index (Phi) is 4.71. The average molecular weight is 326 g/mol. The molecule has 2 rings (SSSR count). The average Bonchev–Trinajstić information content (AvgIpc) is 2.60. The van der Waals surface area contributed by atoms with Gasteiger partial charge in [-0.1, -0.05) is 12.1 Å². The van der Waals surface area contributed by atoms with Gasteiger partial charge in [0, 0.05) is 13.6 Å². The molecule has 102 valence electrons. The van der Waals surface area contributed by atoms with Crippen molar-refractivity contribution < 1.29 is 4.39 Å². The van der Waals surface area contributed by atoms with Gasteiger partial charge in [0.25, 0.3) is 0 Å². The molecule has 0 atom stereocenters. The Morgan fingerprint density at radius 2 is 2.21 bits per heavy atom. The van der Waals surface area contributed by atoms with Crippen LogP contribution < -0.4 is 5.32 Å². The molecular formula is C14H17BrFN3. The van der Waals surface area contributed by atoms with Gasteiger partial charge in [-0.15, -0.1) is 0 Å². The Balaban J connectivity index is 1.84. The van der Waals surface area contributed by atoms with Crippen molar-refractivity contribution in [1.82, 2.24) is 15.1 Å². The van der Waals surface area contributed by atoms with Crippen molar-refractivity contribution in [1.29, 1.82) is 0 Å². The topological polar surface area (TPSA) is 29.9 Å². The second-order valence-corrected chi connectivity index (χ2v) is 5.32. The first-order valence-electron chi connectivity index (χ1n) is 6.21. The van der Waals surface area contributed by atoms with E-state index in [4.69, 9.17) is 0 Å². The third-order valence-corrected chi connectivity index (χ3v) is 4.07. The quantitative estimate of drug-likeness (QED) is 0.856. The summed E-state index contributed by atoms with van der Waals surface area (Å²) < 4.78 is 15.9. The molecule has 0 saturated heterocycles. The first-order chi connectivity index (χ1) is 9.08. The standard InChI is InChI=1S/C14H17BrFN3/c1-10-14(15)13(19(2)18-10)9-17-7-6-11-4-3-5-12(16)8-11/h3-5,8,17H,6-7,9H2,1-2H3. The number of hydrogen-bond acceptors (Lipinski definition) is 2. The fraction of sp³-hybridized carbons (Fsp3) is 0.357. The number of nitrogens with one attached hydrogen (secondary N) is 1. The van der Waals surface area contributed by atoms with Gasteiger partial charge in [0.05, 0.1) is 15.9 Å². The minimum absolute atomic E-state index is 0.178. The summed E-state index contributed by atoms with van der Waals surface area (Å²) in [5.41, 5.74) is 3.12. The van der Waals surface area contributed by atoms with Crippen LogP contribution in [0.2, 0.25) is 0 Å². The summed E-state index contributed by atoms with van der Waals surface area (Å²) in [5.74, 6) is -0.178. The van der Waals surface area contributed by atoms with E-state index in [0.717, 1.165) is 40.9 Å². The molecule has 0 bridgehead atoms. The predicted molar refractivity (Wildman–Crippen MR) is 77.5 cm³/mol. The van der Waals surface area contributed by atoms with Crippen LogP contribution in [0, 0.1) is 12.7 Å². The number of benzene rings is 1. The number of nitrogens with zero attached hydrogens (tertiary/aromatic N) is 2. The van der Waals surface area contributed by atoms with E-state index >= 15 is 0 Å². The van der Waals surface area contributed by atoms with Crippen molar-refractivity contribution >= 4 is 15.9 Å². The molecule has 0 spiro atoms. The van der Waals surface area contributed by atoms with Gasteiger partial charge < -0.3 is 5.32 Å². The maximum absolute atomic E-state index is 13.0. The van der Waals surface area contributed by atoms with Crippen LogP contribution in [0.3, 0.4) is 0 Å². The van der Waals surface area contributed by atoms with Crippen molar-refractivity contribution in [2.24, 2.45) is 7.05 Å². The van der Waals surface area contributed by atoms with Gasteiger partial charge >= 0.3 is 0 Å². The molecule has 1 N–H and O–H groups in total. The van der Waals surface area contributed by atoms with E-state index < -0.39 is 0 Å². The second kappa shape index (κ2) is 6.30. The number of aryl methyl sites for hydroxylation is 2. The highest BCUT2D eigenvalue weighted by Gasteiger charge is 2.09. The SMILES string of the molecule is Cc1nn(C)c(CNCCc2cccc(F)c2)c1Br. The van der Waals surface area contributed by atoms with Gasteiger partial charge in [0.15, 0.2) is 0 Å². The van der Waals surface area contributed by atoms with Gasteiger partial charge in [0.2, 0.25) is 0 Å². The maximum Gasteiger partial charge on any atom is 0.123 e. The van der Waals surface area contributed by atoms with E-state index in [1.54, 1.807) is 12.1 Å². The molecule has 0 aliphatic carbocycles. The molecule has 1 aromatic heterocycles. The highest BCUT2D eigenvalue weighted by Crippen LogP contribution is 2.19. The Bertz CT molecular complexity index is 566. The third-order valence-electron chi connectivity index (χ3n) is 3.03. The monoisotopic (exact) mass is 325 g/mol. The molecule has 2 aromatic rings. The van der Waals surface area contributed by atoms with Crippen LogP contribution >= 0.6 is 15.9 Å². The molecule has 0 unspecified atom stereocenters. The van der Waals surface area contributed by atoms with Crippen LogP contribution in [-0.2, 0) is 20.0 Å². The molecule has 3 nitrogen and oxygen atoms in total. The molecule has 0 fully saturated rings. The highest BCUT2D eigenvalue weighted by atomic mass is 79.9. The summed E-state index contributed by atoms with van der Waals surface area (Å²) in [4.78, 5) is 0. The lowest BCUT2D eigenvalue weighted by Crippen LogP contribution is -2.19. The Hall–Kier alpha value is -1.20. The van der Waals surface area contributed by atoms with Crippen LogP contribution in [-0.4, -0.2) is 16.3 Å². The largest absolute Gasteiger partial charge is 0.311 e. The van der Waals surface area contributed by atoms with Gasteiger partial charge in [-0.25, -0.2) is 4.39 Å². The summed E-state index contributed by atoms with van der Waals surface area (Å²) in [7, 11) is 1.93. The van der Waals surface area contributed by atoms with Crippen molar-refractivity contribution in [2.75, 3.05) is 6.54 Å². The minimum atomic E-state index is -0.178. The summed E-state index contributed by atoms with van der Waals surface area (Å²) in [6, 6.07) is 6.72. The number of rotatable bonds is 5. The van der Waals surface area contributed by atoms with Crippen LogP contribution in [0.4, 0.5) is 4.39 Å². The number of hydrogen-bond donors (Lipinski definition) is 1. The first kappa shape index (κ1) is 14.2. The fourth-order valence-electron chi connectivity index (χ4n) is 2.00. The van der Waals surface area contributed by atoms with E-state index in [2.05, 4.69) is 26.3 Å². The van der Waals surface area contributed by atoms with Gasteiger partial charge in [0.1, 0.15) is 5.82 Å². The van der Waals surface area contributed by atoms with Crippen molar-refractivity contribution in [3.05, 3.63) is 51.5 Å². The zero-order chi connectivity index (χ0) is 13.8. The lowest BCUT2D eigenvalue weighted by molar-refractivity contribution is 0.613. The predicted octanol–water partition coefficient (Wildman–Crippen LogP) is 2.96. The summed E-state index contributed by atoms with van der Waals surface area (Å²) >= 11 is 3.53. The summed E-state index contributed by atoms with van der Waals surface area (Å²) in [6.45, 7) is 3.52. The molecule has 0 radical (unpaired) electrons. The summed E-state index contributed by atoms with van der Waals surface area (Å²) in [5, 5.41) is 7.69. The van der Waals surface area contributed by atoms with Crippen molar-refractivity contribution in [2.45, 2.75) is 19.9 Å². The minimum Gasteiger partial charge on any atom is -0.311 e. The molecule has 5 heteroatoms. The molecule has 0 aliphatic rings. The van der Waals surface area contributed by atoms with Crippen LogP contribution in [0.5, 0.6) is 0 Å². The van der Waals surface area contributed by atoms with E-state index in [0.29, 0.717) is 0 Å². The lowest BCUT2D eigenvalue weighted by Gasteiger charge is -2.06. The van der Waals surface area contributed by atoms with E-state index in [9.17, 15) is 4.39 Å². The van der Waals surface area contributed by atoms with E-state index in [-0.39, 0.29) is 5.82 Å². The van der Waals surface area contributed by atoms with E-state index in [1.165, 1.54) is 6.07 Å². The molecule has 0 amide bonds. The molecular weight excluding hydrogens is 309 g/mol. The zero-order valence-electron chi connectivity index (χ0n) is 11.1. The van der Waals surface area contributed by atoms with Crippen LogP contribution in [0.15, 0.2) is 28.7 Å².